The molecule has 100 valence electrons. The zero-order chi connectivity index (χ0) is 14.0. The molecule has 2 rings (SSSR count). The number of nitrogens with zero attached hydrogens (tertiary/aromatic N) is 2. The molecule has 0 aliphatic heterocycles. The van der Waals surface area contributed by atoms with E-state index in [9.17, 15) is 13.2 Å². The third kappa shape index (κ3) is 3.12. The van der Waals surface area contributed by atoms with Crippen LogP contribution in [-0.2, 0) is 6.18 Å². The Bertz CT molecular complexity index is 579. The van der Waals surface area contributed by atoms with Gasteiger partial charge in [-0.25, -0.2) is 0 Å². The second-order valence-corrected chi connectivity index (χ2v) is 4.00. The van der Waals surface area contributed by atoms with Crippen LogP contribution in [0.3, 0.4) is 0 Å². The number of nitrogen functional groups attached to an aromatic ring is 1. The Hall–Kier alpha value is -2.31. The van der Waals surface area contributed by atoms with Crippen LogP contribution in [0.1, 0.15) is 11.1 Å². The fraction of sp³-hybridized carbons (Fsp3) is 0.167. The summed E-state index contributed by atoms with van der Waals surface area (Å²) in [7, 11) is 0. The number of hydrogen-bond acceptors (Lipinski definition) is 4. The molecule has 0 aliphatic carbocycles. The van der Waals surface area contributed by atoms with Crippen molar-refractivity contribution in [2.75, 3.05) is 11.1 Å². The van der Waals surface area contributed by atoms with Crippen LogP contribution in [0.25, 0.3) is 0 Å². The lowest BCUT2D eigenvalue weighted by atomic mass is 10.1. The van der Waals surface area contributed by atoms with Crippen molar-refractivity contribution in [3.8, 4) is 0 Å². The summed E-state index contributed by atoms with van der Waals surface area (Å²) >= 11 is 0. The number of aromatic nitrogens is 2. The lowest BCUT2D eigenvalue weighted by Crippen LogP contribution is -2.06. The number of nitrogens with one attached hydrogen (secondary N) is 1. The summed E-state index contributed by atoms with van der Waals surface area (Å²) in [4.78, 5) is 0. The van der Waals surface area contributed by atoms with E-state index in [-0.39, 0.29) is 5.82 Å². The largest absolute Gasteiger partial charge is 0.416 e. The molecule has 0 atom stereocenters. The molecule has 0 saturated heterocycles. The van der Waals surface area contributed by atoms with Gasteiger partial charge in [-0.15, -0.1) is 10.2 Å². The fourth-order valence-electron chi connectivity index (χ4n) is 1.48. The van der Waals surface area contributed by atoms with E-state index in [1.165, 1.54) is 12.1 Å². The Kier molecular flexibility index (Phi) is 3.28. The molecule has 2 aromatic rings. The summed E-state index contributed by atoms with van der Waals surface area (Å²) in [6.45, 7) is 1.70. The number of aryl methyl sites for hydroxylation is 1. The number of hydrogen-bond donors (Lipinski definition) is 2. The second-order valence-electron chi connectivity index (χ2n) is 4.00. The van der Waals surface area contributed by atoms with E-state index in [1.54, 1.807) is 13.0 Å². The van der Waals surface area contributed by atoms with Crippen molar-refractivity contribution in [1.29, 1.82) is 0 Å². The van der Waals surface area contributed by atoms with Crippen molar-refractivity contribution in [2.24, 2.45) is 0 Å². The van der Waals surface area contributed by atoms with Crippen LogP contribution in [0.2, 0.25) is 0 Å². The Morgan fingerprint density at radius 3 is 2.42 bits per heavy atom. The van der Waals surface area contributed by atoms with Crippen molar-refractivity contribution in [3.05, 3.63) is 41.5 Å². The number of halogens is 3. The first-order valence-electron chi connectivity index (χ1n) is 5.40. The Morgan fingerprint density at radius 2 is 1.84 bits per heavy atom. The van der Waals surface area contributed by atoms with Gasteiger partial charge in [-0.2, -0.15) is 13.2 Å². The first-order chi connectivity index (χ1) is 8.86. The normalized spacial score (nSPS) is 11.4. The molecule has 7 heteroatoms. The second kappa shape index (κ2) is 4.75. The first-order valence-corrected chi connectivity index (χ1v) is 5.40. The molecule has 0 radical (unpaired) electrons. The standard InChI is InChI=1S/C12H11F3N4/c1-7-2-3-8(12(13,14)15)6-9(7)17-11-5-4-10(16)18-19-11/h2-6H,1H3,(H2,16,18)(H,17,19). The van der Waals surface area contributed by atoms with E-state index in [0.29, 0.717) is 17.1 Å². The number of anilines is 3. The van der Waals surface area contributed by atoms with Crippen molar-refractivity contribution in [1.82, 2.24) is 10.2 Å². The fourth-order valence-corrected chi connectivity index (χ4v) is 1.48. The van der Waals surface area contributed by atoms with Gasteiger partial charge in [0.05, 0.1) is 5.56 Å². The third-order valence-corrected chi connectivity index (χ3v) is 2.51. The van der Waals surface area contributed by atoms with Crippen molar-refractivity contribution in [2.45, 2.75) is 13.1 Å². The Labute approximate surface area is 107 Å². The molecule has 0 saturated carbocycles. The molecule has 0 bridgehead atoms. The van der Waals surface area contributed by atoms with Crippen LogP contribution in [0.5, 0.6) is 0 Å². The molecule has 0 unspecified atom stereocenters. The molecule has 0 spiro atoms. The van der Waals surface area contributed by atoms with Gasteiger partial charge >= 0.3 is 6.18 Å². The van der Waals surface area contributed by atoms with E-state index in [1.807, 2.05) is 0 Å². The van der Waals surface area contributed by atoms with Gasteiger partial charge in [0.15, 0.2) is 5.82 Å². The lowest BCUT2D eigenvalue weighted by Gasteiger charge is -2.12. The predicted molar refractivity (Wildman–Crippen MR) is 65.9 cm³/mol. The van der Waals surface area contributed by atoms with Crippen molar-refractivity contribution in [3.63, 3.8) is 0 Å². The number of rotatable bonds is 2. The van der Waals surface area contributed by atoms with E-state index < -0.39 is 11.7 Å². The summed E-state index contributed by atoms with van der Waals surface area (Å²) in [6.07, 6.45) is -4.38. The predicted octanol–water partition coefficient (Wildman–Crippen LogP) is 3.13. The number of nitrogens with two attached hydrogens (primary N) is 1. The minimum absolute atomic E-state index is 0.242. The summed E-state index contributed by atoms with van der Waals surface area (Å²) in [6, 6.07) is 6.53. The van der Waals surface area contributed by atoms with Crippen LogP contribution in [0.15, 0.2) is 30.3 Å². The van der Waals surface area contributed by atoms with Crippen LogP contribution >= 0.6 is 0 Å². The molecule has 1 aromatic carbocycles. The summed E-state index contributed by atoms with van der Waals surface area (Å²) in [5.74, 6) is 0.572. The highest BCUT2D eigenvalue weighted by atomic mass is 19.4. The van der Waals surface area contributed by atoms with Gasteiger partial charge in [0.1, 0.15) is 5.82 Å². The molecule has 4 nitrogen and oxygen atoms in total. The highest BCUT2D eigenvalue weighted by Gasteiger charge is 2.30. The molecular weight excluding hydrogens is 257 g/mol. The van der Waals surface area contributed by atoms with Crippen LogP contribution in [0.4, 0.5) is 30.5 Å². The average Bonchev–Trinajstić information content (AvgIpc) is 2.33. The maximum Gasteiger partial charge on any atom is 0.416 e. The SMILES string of the molecule is Cc1ccc(C(F)(F)F)cc1Nc1ccc(N)nn1. The van der Waals surface area contributed by atoms with Gasteiger partial charge < -0.3 is 11.1 Å². The summed E-state index contributed by atoms with van der Waals surface area (Å²) in [5, 5.41) is 10.1. The van der Waals surface area contributed by atoms with Gasteiger partial charge in [0.25, 0.3) is 0 Å². The van der Waals surface area contributed by atoms with Crippen molar-refractivity contribution >= 4 is 17.3 Å². The molecule has 1 heterocycles. The van der Waals surface area contributed by atoms with Gasteiger partial charge in [0, 0.05) is 5.69 Å². The maximum atomic E-state index is 12.6. The van der Waals surface area contributed by atoms with Gasteiger partial charge in [-0.3, -0.25) is 0 Å². The third-order valence-electron chi connectivity index (χ3n) is 2.51. The van der Waals surface area contributed by atoms with Crippen molar-refractivity contribution < 1.29 is 13.2 Å². The minimum atomic E-state index is -4.38. The number of alkyl halides is 3. The Morgan fingerprint density at radius 1 is 1.11 bits per heavy atom. The van der Waals surface area contributed by atoms with Gasteiger partial charge in [0.2, 0.25) is 0 Å². The molecule has 3 N–H and O–H groups in total. The minimum Gasteiger partial charge on any atom is -0.382 e. The van der Waals surface area contributed by atoms with Crippen LogP contribution in [0, 0.1) is 6.92 Å². The molecule has 19 heavy (non-hydrogen) atoms. The van der Waals surface area contributed by atoms with Gasteiger partial charge in [-0.05, 0) is 36.8 Å². The summed E-state index contributed by atoms with van der Waals surface area (Å²) < 4.78 is 37.9. The Balaban J connectivity index is 2.31. The topological polar surface area (TPSA) is 63.8 Å². The zero-order valence-corrected chi connectivity index (χ0v) is 9.99. The highest BCUT2D eigenvalue weighted by molar-refractivity contribution is 5.61. The van der Waals surface area contributed by atoms with E-state index in [4.69, 9.17) is 5.73 Å². The zero-order valence-electron chi connectivity index (χ0n) is 9.99. The quantitative estimate of drug-likeness (QED) is 0.878. The van der Waals surface area contributed by atoms with Crippen LogP contribution < -0.4 is 11.1 Å². The van der Waals surface area contributed by atoms with Gasteiger partial charge in [-0.1, -0.05) is 6.07 Å². The monoisotopic (exact) mass is 268 g/mol. The smallest absolute Gasteiger partial charge is 0.382 e. The molecule has 0 aliphatic rings. The van der Waals surface area contributed by atoms with Crippen LogP contribution in [-0.4, -0.2) is 10.2 Å². The maximum absolute atomic E-state index is 12.6. The molecule has 1 aromatic heterocycles. The first kappa shape index (κ1) is 13.1. The van der Waals surface area contributed by atoms with E-state index in [2.05, 4.69) is 15.5 Å². The highest BCUT2D eigenvalue weighted by Crippen LogP contribution is 2.32. The average molecular weight is 268 g/mol. The summed E-state index contributed by atoms with van der Waals surface area (Å²) in [5.41, 5.74) is 5.66. The van der Waals surface area contributed by atoms with E-state index in [0.717, 1.165) is 12.1 Å². The molecule has 0 fully saturated rings. The number of benzene rings is 1. The molecule has 0 amide bonds. The lowest BCUT2D eigenvalue weighted by molar-refractivity contribution is -0.137. The van der Waals surface area contributed by atoms with E-state index >= 15 is 0 Å². The molecular formula is C12H11F3N4.